The predicted octanol–water partition coefficient (Wildman–Crippen LogP) is 5.43. The molecular weight excluding hydrogens is 334 g/mol. The number of hydrogen-bond donors (Lipinski definition) is 0. The lowest BCUT2D eigenvalue weighted by atomic mass is 9.99. The molecular formula is C21H36ClNO2. The van der Waals surface area contributed by atoms with Gasteiger partial charge in [0.25, 0.3) is 0 Å². The predicted molar refractivity (Wildman–Crippen MR) is 109 cm³/mol. The highest BCUT2D eigenvalue weighted by molar-refractivity contribution is 6.18. The van der Waals surface area contributed by atoms with Crippen LogP contribution in [0.5, 0.6) is 0 Å². The standard InChI is InChI=1S/C21H36ClNO2/c1-6-20(17-22)24-14-12-21(5,7-2)25-15-13-23(8-3)19-11-9-10-18(4)16-19/h9-11,16,20H,6-8,12-15,17H2,1-5H3. The van der Waals surface area contributed by atoms with Crippen molar-refractivity contribution in [2.45, 2.75) is 65.6 Å². The fourth-order valence-corrected chi connectivity index (χ4v) is 3.07. The van der Waals surface area contributed by atoms with Crippen LogP contribution < -0.4 is 4.90 Å². The number of hydrogen-bond acceptors (Lipinski definition) is 3. The van der Waals surface area contributed by atoms with Crippen LogP contribution in [0.2, 0.25) is 0 Å². The van der Waals surface area contributed by atoms with Gasteiger partial charge in [0.05, 0.1) is 18.3 Å². The van der Waals surface area contributed by atoms with Gasteiger partial charge < -0.3 is 14.4 Å². The Kier molecular flexibility index (Phi) is 10.5. The largest absolute Gasteiger partial charge is 0.377 e. The van der Waals surface area contributed by atoms with Gasteiger partial charge in [0.15, 0.2) is 0 Å². The number of alkyl halides is 1. The Balaban J connectivity index is 2.46. The van der Waals surface area contributed by atoms with Crippen LogP contribution in [0, 0.1) is 6.92 Å². The van der Waals surface area contributed by atoms with Gasteiger partial charge in [-0.05, 0) is 57.7 Å². The zero-order chi connectivity index (χ0) is 18.7. The Bertz CT molecular complexity index is 479. The Morgan fingerprint density at radius 3 is 2.52 bits per heavy atom. The highest BCUT2D eigenvalue weighted by Crippen LogP contribution is 2.21. The van der Waals surface area contributed by atoms with Crippen LogP contribution in [-0.2, 0) is 9.47 Å². The van der Waals surface area contributed by atoms with Gasteiger partial charge in [0.1, 0.15) is 0 Å². The van der Waals surface area contributed by atoms with Gasteiger partial charge >= 0.3 is 0 Å². The van der Waals surface area contributed by atoms with Gasteiger partial charge in [-0.2, -0.15) is 0 Å². The molecule has 0 fully saturated rings. The summed E-state index contributed by atoms with van der Waals surface area (Å²) in [4.78, 5) is 2.36. The normalized spacial score (nSPS) is 15.0. The van der Waals surface area contributed by atoms with E-state index in [0.29, 0.717) is 12.5 Å². The molecule has 0 aliphatic heterocycles. The molecule has 0 amide bonds. The van der Waals surface area contributed by atoms with Crippen LogP contribution in [0.1, 0.15) is 52.5 Å². The van der Waals surface area contributed by atoms with Gasteiger partial charge in [-0.1, -0.05) is 26.0 Å². The highest BCUT2D eigenvalue weighted by atomic mass is 35.5. The van der Waals surface area contributed by atoms with E-state index in [2.05, 4.69) is 63.8 Å². The SMILES string of the molecule is CCC(CCl)OCCC(C)(CC)OCCN(CC)c1cccc(C)c1. The topological polar surface area (TPSA) is 21.7 Å². The number of anilines is 1. The molecule has 0 aliphatic rings. The molecule has 144 valence electrons. The summed E-state index contributed by atoms with van der Waals surface area (Å²) in [7, 11) is 0. The summed E-state index contributed by atoms with van der Waals surface area (Å²) in [6, 6.07) is 8.64. The van der Waals surface area contributed by atoms with E-state index < -0.39 is 0 Å². The first kappa shape index (κ1) is 22.3. The Labute approximate surface area is 159 Å². The molecule has 0 radical (unpaired) electrons. The van der Waals surface area contributed by atoms with Crippen molar-refractivity contribution >= 4 is 17.3 Å². The number of aryl methyl sites for hydroxylation is 1. The molecule has 1 aromatic carbocycles. The molecule has 2 atom stereocenters. The van der Waals surface area contributed by atoms with Crippen molar-refractivity contribution in [1.29, 1.82) is 0 Å². The van der Waals surface area contributed by atoms with Crippen LogP contribution >= 0.6 is 11.6 Å². The second-order valence-electron chi connectivity index (χ2n) is 6.88. The van der Waals surface area contributed by atoms with E-state index in [0.717, 1.165) is 39.0 Å². The third-order valence-electron chi connectivity index (χ3n) is 4.92. The van der Waals surface area contributed by atoms with Crippen LogP contribution in [0.15, 0.2) is 24.3 Å². The molecule has 25 heavy (non-hydrogen) atoms. The third kappa shape index (κ3) is 7.98. The molecule has 0 bridgehead atoms. The Morgan fingerprint density at radius 1 is 1.20 bits per heavy atom. The van der Waals surface area contributed by atoms with Crippen molar-refractivity contribution in [1.82, 2.24) is 0 Å². The van der Waals surface area contributed by atoms with E-state index >= 15 is 0 Å². The van der Waals surface area contributed by atoms with Crippen molar-refractivity contribution in [2.24, 2.45) is 0 Å². The average Bonchev–Trinajstić information content (AvgIpc) is 2.62. The smallest absolute Gasteiger partial charge is 0.0707 e. The van der Waals surface area contributed by atoms with Gasteiger partial charge in [-0.25, -0.2) is 0 Å². The summed E-state index contributed by atoms with van der Waals surface area (Å²) in [6.07, 6.45) is 2.98. The summed E-state index contributed by atoms with van der Waals surface area (Å²) in [6.45, 7) is 14.1. The number of benzene rings is 1. The lowest BCUT2D eigenvalue weighted by Gasteiger charge is -2.31. The fraction of sp³-hybridized carbons (Fsp3) is 0.714. The summed E-state index contributed by atoms with van der Waals surface area (Å²) >= 11 is 5.89. The number of likely N-dealkylation sites (N-methyl/N-ethyl adjacent to an activating group) is 1. The average molecular weight is 370 g/mol. The second-order valence-corrected chi connectivity index (χ2v) is 7.18. The van der Waals surface area contributed by atoms with Crippen molar-refractivity contribution in [3.05, 3.63) is 29.8 Å². The minimum Gasteiger partial charge on any atom is -0.377 e. The van der Waals surface area contributed by atoms with Crippen molar-refractivity contribution < 1.29 is 9.47 Å². The minimum atomic E-state index is -0.142. The molecule has 0 aromatic heterocycles. The van der Waals surface area contributed by atoms with Crippen LogP contribution in [0.25, 0.3) is 0 Å². The molecule has 0 aliphatic carbocycles. The van der Waals surface area contributed by atoms with Crippen LogP contribution in [0.3, 0.4) is 0 Å². The zero-order valence-corrected chi connectivity index (χ0v) is 17.4. The summed E-state index contributed by atoms with van der Waals surface area (Å²) in [5.41, 5.74) is 2.41. The summed E-state index contributed by atoms with van der Waals surface area (Å²) < 4.78 is 12.1. The van der Waals surface area contributed by atoms with E-state index in [1.807, 2.05) is 0 Å². The van der Waals surface area contributed by atoms with E-state index in [1.54, 1.807) is 0 Å². The Morgan fingerprint density at radius 2 is 1.96 bits per heavy atom. The molecule has 2 unspecified atom stereocenters. The zero-order valence-electron chi connectivity index (χ0n) is 16.7. The molecule has 0 N–H and O–H groups in total. The number of nitrogens with zero attached hydrogens (tertiary/aromatic N) is 1. The molecule has 3 nitrogen and oxygen atoms in total. The van der Waals surface area contributed by atoms with Crippen LogP contribution in [-0.4, -0.2) is 43.9 Å². The van der Waals surface area contributed by atoms with Crippen molar-refractivity contribution in [3.63, 3.8) is 0 Å². The van der Waals surface area contributed by atoms with E-state index in [1.165, 1.54) is 11.3 Å². The first-order valence-electron chi connectivity index (χ1n) is 9.61. The quantitative estimate of drug-likeness (QED) is 0.432. The molecule has 0 saturated heterocycles. The molecule has 0 spiro atoms. The highest BCUT2D eigenvalue weighted by Gasteiger charge is 2.23. The molecule has 4 heteroatoms. The number of rotatable bonds is 13. The monoisotopic (exact) mass is 369 g/mol. The fourth-order valence-electron chi connectivity index (χ4n) is 2.76. The summed E-state index contributed by atoms with van der Waals surface area (Å²) in [5.74, 6) is 0.558. The van der Waals surface area contributed by atoms with Gasteiger partial charge in [0, 0.05) is 31.3 Å². The third-order valence-corrected chi connectivity index (χ3v) is 5.26. The second kappa shape index (κ2) is 11.8. The maximum atomic E-state index is 6.26. The van der Waals surface area contributed by atoms with Crippen LogP contribution in [0.4, 0.5) is 5.69 Å². The van der Waals surface area contributed by atoms with Gasteiger partial charge in [-0.15, -0.1) is 11.6 Å². The first-order chi connectivity index (χ1) is 12.0. The van der Waals surface area contributed by atoms with E-state index in [4.69, 9.17) is 21.1 Å². The number of ether oxygens (including phenoxy) is 2. The van der Waals surface area contributed by atoms with E-state index in [-0.39, 0.29) is 11.7 Å². The van der Waals surface area contributed by atoms with Gasteiger partial charge in [0.2, 0.25) is 0 Å². The molecule has 0 heterocycles. The molecule has 0 saturated carbocycles. The Hall–Kier alpha value is -0.770. The lowest BCUT2D eigenvalue weighted by molar-refractivity contribution is -0.0601. The lowest BCUT2D eigenvalue weighted by Crippen LogP contribution is -2.35. The summed E-state index contributed by atoms with van der Waals surface area (Å²) in [5, 5.41) is 0. The minimum absolute atomic E-state index is 0.142. The van der Waals surface area contributed by atoms with Crippen molar-refractivity contribution in [2.75, 3.05) is 37.1 Å². The maximum Gasteiger partial charge on any atom is 0.0707 e. The molecule has 1 rings (SSSR count). The van der Waals surface area contributed by atoms with E-state index in [9.17, 15) is 0 Å². The van der Waals surface area contributed by atoms with Crippen molar-refractivity contribution in [3.8, 4) is 0 Å². The molecule has 1 aromatic rings. The van der Waals surface area contributed by atoms with Gasteiger partial charge in [-0.3, -0.25) is 0 Å². The first-order valence-corrected chi connectivity index (χ1v) is 10.1. The maximum absolute atomic E-state index is 6.26. The number of halogens is 1.